The number of carbonyl (C=O) groups excluding carboxylic acids is 2. The molecule has 2 amide bonds. The van der Waals surface area contributed by atoms with Gasteiger partial charge in [-0.2, -0.15) is 13.2 Å². The maximum atomic E-state index is 13.2. The SMILES string of the molecule is CC(=O)Nc1ccc(NC(=O)COc2cc(Cl)ccc2Cl)c(C(F)(F)F)c1. The quantitative estimate of drug-likeness (QED) is 0.715. The first kappa shape index (κ1) is 20.9. The molecule has 144 valence electrons. The Kier molecular flexibility index (Phi) is 6.56. The third kappa shape index (κ3) is 6.04. The van der Waals surface area contributed by atoms with Crippen LogP contribution >= 0.6 is 23.2 Å². The summed E-state index contributed by atoms with van der Waals surface area (Å²) in [6.45, 7) is 0.589. The molecule has 0 aliphatic rings. The predicted octanol–water partition coefficient (Wildman–Crippen LogP) is 4.99. The predicted molar refractivity (Wildman–Crippen MR) is 96.3 cm³/mol. The van der Waals surface area contributed by atoms with E-state index in [1.807, 2.05) is 0 Å². The van der Waals surface area contributed by atoms with Crippen molar-refractivity contribution in [2.24, 2.45) is 0 Å². The van der Waals surface area contributed by atoms with Crippen LogP contribution in [0.1, 0.15) is 12.5 Å². The molecule has 0 atom stereocenters. The van der Waals surface area contributed by atoms with Gasteiger partial charge >= 0.3 is 6.18 Å². The number of anilines is 2. The zero-order chi connectivity index (χ0) is 20.2. The number of amides is 2. The van der Waals surface area contributed by atoms with Gasteiger partial charge in [-0.15, -0.1) is 0 Å². The van der Waals surface area contributed by atoms with Crippen LogP contribution in [0.5, 0.6) is 5.75 Å². The molecule has 0 aliphatic heterocycles. The van der Waals surface area contributed by atoms with E-state index in [0.29, 0.717) is 5.02 Å². The van der Waals surface area contributed by atoms with Gasteiger partial charge in [-0.1, -0.05) is 23.2 Å². The molecule has 0 fully saturated rings. The zero-order valence-corrected chi connectivity index (χ0v) is 15.3. The fraction of sp³-hybridized carbons (Fsp3) is 0.176. The lowest BCUT2D eigenvalue weighted by Crippen LogP contribution is -2.22. The van der Waals surface area contributed by atoms with E-state index in [1.54, 1.807) is 0 Å². The summed E-state index contributed by atoms with van der Waals surface area (Å²) in [5, 5.41) is 4.90. The van der Waals surface area contributed by atoms with Crippen molar-refractivity contribution >= 4 is 46.4 Å². The number of nitrogens with one attached hydrogen (secondary N) is 2. The van der Waals surface area contributed by atoms with Crippen LogP contribution in [0.4, 0.5) is 24.5 Å². The van der Waals surface area contributed by atoms with E-state index in [1.165, 1.54) is 31.2 Å². The molecule has 2 rings (SSSR count). The number of alkyl halides is 3. The van der Waals surface area contributed by atoms with Crippen LogP contribution in [-0.4, -0.2) is 18.4 Å². The smallest absolute Gasteiger partial charge is 0.418 e. The minimum atomic E-state index is -4.74. The number of hydrogen-bond donors (Lipinski definition) is 2. The number of hydrogen-bond acceptors (Lipinski definition) is 3. The molecule has 10 heteroatoms. The molecule has 2 aromatic carbocycles. The molecule has 2 aromatic rings. The van der Waals surface area contributed by atoms with Gasteiger partial charge in [0.05, 0.1) is 16.3 Å². The molecular weight excluding hydrogens is 408 g/mol. The Morgan fingerprint density at radius 2 is 1.78 bits per heavy atom. The lowest BCUT2D eigenvalue weighted by molar-refractivity contribution is -0.137. The Bertz CT molecular complexity index is 873. The average molecular weight is 421 g/mol. The van der Waals surface area contributed by atoms with Crippen molar-refractivity contribution in [3.63, 3.8) is 0 Å². The summed E-state index contributed by atoms with van der Waals surface area (Å²) in [5.74, 6) is -1.23. The number of benzene rings is 2. The van der Waals surface area contributed by atoms with Crippen molar-refractivity contribution in [3.8, 4) is 5.75 Å². The monoisotopic (exact) mass is 420 g/mol. The topological polar surface area (TPSA) is 67.4 Å². The number of rotatable bonds is 5. The van der Waals surface area contributed by atoms with Crippen molar-refractivity contribution < 1.29 is 27.5 Å². The Morgan fingerprint density at radius 1 is 1.07 bits per heavy atom. The second-order valence-corrected chi connectivity index (χ2v) is 6.19. The normalized spacial score (nSPS) is 11.0. The Balaban J connectivity index is 2.14. The van der Waals surface area contributed by atoms with E-state index in [2.05, 4.69) is 10.6 Å². The second-order valence-electron chi connectivity index (χ2n) is 5.35. The van der Waals surface area contributed by atoms with Gasteiger partial charge < -0.3 is 15.4 Å². The first-order valence-corrected chi connectivity index (χ1v) is 8.18. The summed E-state index contributed by atoms with van der Waals surface area (Å²) in [5.41, 5.74) is -1.62. The van der Waals surface area contributed by atoms with E-state index >= 15 is 0 Å². The van der Waals surface area contributed by atoms with Crippen molar-refractivity contribution in [2.45, 2.75) is 13.1 Å². The highest BCUT2D eigenvalue weighted by Crippen LogP contribution is 2.36. The lowest BCUT2D eigenvalue weighted by Gasteiger charge is -2.16. The maximum absolute atomic E-state index is 13.2. The van der Waals surface area contributed by atoms with E-state index < -0.39 is 35.8 Å². The first-order valence-electron chi connectivity index (χ1n) is 7.43. The van der Waals surface area contributed by atoms with E-state index in [4.69, 9.17) is 27.9 Å². The highest BCUT2D eigenvalue weighted by Gasteiger charge is 2.34. The third-order valence-corrected chi connectivity index (χ3v) is 3.72. The van der Waals surface area contributed by atoms with Gasteiger partial charge in [0.1, 0.15) is 5.75 Å². The second kappa shape index (κ2) is 8.49. The van der Waals surface area contributed by atoms with Gasteiger partial charge in [0, 0.05) is 23.7 Å². The molecular formula is C17H13Cl2F3N2O3. The van der Waals surface area contributed by atoms with Crippen molar-refractivity contribution in [1.29, 1.82) is 0 Å². The van der Waals surface area contributed by atoms with Crippen LogP contribution in [0.2, 0.25) is 10.0 Å². The highest BCUT2D eigenvalue weighted by atomic mass is 35.5. The van der Waals surface area contributed by atoms with E-state index in [0.717, 1.165) is 12.1 Å². The summed E-state index contributed by atoms with van der Waals surface area (Å²) in [7, 11) is 0. The average Bonchev–Trinajstić information content (AvgIpc) is 2.55. The number of ether oxygens (including phenoxy) is 1. The van der Waals surface area contributed by atoms with Gasteiger partial charge in [-0.3, -0.25) is 9.59 Å². The largest absolute Gasteiger partial charge is 0.482 e. The lowest BCUT2D eigenvalue weighted by atomic mass is 10.1. The molecule has 0 unspecified atom stereocenters. The van der Waals surface area contributed by atoms with Crippen LogP contribution in [0, 0.1) is 0 Å². The summed E-state index contributed by atoms with van der Waals surface area (Å²) in [4.78, 5) is 23.0. The maximum Gasteiger partial charge on any atom is 0.418 e. The summed E-state index contributed by atoms with van der Waals surface area (Å²) < 4.78 is 44.9. The molecule has 0 saturated carbocycles. The van der Waals surface area contributed by atoms with Crippen molar-refractivity contribution in [2.75, 3.05) is 17.2 Å². The van der Waals surface area contributed by atoms with E-state index in [-0.39, 0.29) is 16.5 Å². The van der Waals surface area contributed by atoms with Crippen LogP contribution in [0.25, 0.3) is 0 Å². The molecule has 5 nitrogen and oxygen atoms in total. The van der Waals surface area contributed by atoms with Crippen LogP contribution in [-0.2, 0) is 15.8 Å². The summed E-state index contributed by atoms with van der Waals surface area (Å²) in [6, 6.07) is 7.36. The molecule has 0 aliphatic carbocycles. The minimum absolute atomic E-state index is 0.0465. The Hall–Kier alpha value is -2.45. The van der Waals surface area contributed by atoms with Gasteiger partial charge in [0.25, 0.3) is 5.91 Å². The van der Waals surface area contributed by atoms with E-state index in [9.17, 15) is 22.8 Å². The van der Waals surface area contributed by atoms with Crippen LogP contribution in [0.3, 0.4) is 0 Å². The minimum Gasteiger partial charge on any atom is -0.482 e. The molecule has 2 N–H and O–H groups in total. The summed E-state index contributed by atoms with van der Waals surface area (Å²) >= 11 is 11.7. The number of carbonyl (C=O) groups is 2. The van der Waals surface area contributed by atoms with Gasteiger partial charge in [-0.05, 0) is 30.3 Å². The van der Waals surface area contributed by atoms with Gasteiger partial charge in [0.15, 0.2) is 6.61 Å². The fourth-order valence-electron chi connectivity index (χ4n) is 2.09. The first-order chi connectivity index (χ1) is 12.6. The molecule has 27 heavy (non-hydrogen) atoms. The third-order valence-electron chi connectivity index (χ3n) is 3.17. The fourth-order valence-corrected chi connectivity index (χ4v) is 2.42. The standard InChI is InChI=1S/C17H13Cl2F3N2O3/c1-9(25)23-11-3-5-14(12(7-11)17(20,21)22)24-16(26)8-27-15-6-10(18)2-4-13(15)19/h2-7H,8H2,1H3,(H,23,25)(H,24,26). The highest BCUT2D eigenvalue weighted by molar-refractivity contribution is 6.34. The van der Waals surface area contributed by atoms with Crippen molar-refractivity contribution in [3.05, 3.63) is 52.0 Å². The molecule has 0 radical (unpaired) electrons. The van der Waals surface area contributed by atoms with Gasteiger partial charge in [-0.25, -0.2) is 0 Å². The summed E-state index contributed by atoms with van der Waals surface area (Å²) in [6.07, 6.45) is -4.74. The number of halogens is 5. The van der Waals surface area contributed by atoms with Gasteiger partial charge in [0.2, 0.25) is 5.91 Å². The van der Waals surface area contributed by atoms with Crippen molar-refractivity contribution in [1.82, 2.24) is 0 Å². The molecule has 0 saturated heterocycles. The molecule has 0 spiro atoms. The van der Waals surface area contributed by atoms with Crippen LogP contribution < -0.4 is 15.4 Å². The Morgan fingerprint density at radius 3 is 2.41 bits per heavy atom. The molecule has 0 aromatic heterocycles. The zero-order valence-electron chi connectivity index (χ0n) is 13.8. The molecule has 0 bridgehead atoms. The molecule has 0 heterocycles. The van der Waals surface area contributed by atoms with Crippen LogP contribution in [0.15, 0.2) is 36.4 Å². The Labute approximate surface area is 162 Å².